The van der Waals surface area contributed by atoms with Crippen molar-refractivity contribution in [3.8, 4) is 23.0 Å². The highest BCUT2D eigenvalue weighted by Gasteiger charge is 2.17. The molecule has 0 saturated heterocycles. The van der Waals surface area contributed by atoms with Crippen LogP contribution in [0.25, 0.3) is 6.08 Å². The van der Waals surface area contributed by atoms with Crippen LogP contribution in [0.4, 0.5) is 0 Å². The SMILES string of the molecule is CCOc1ccc(C=NNC(=O)C(=Cc2ccc3c(c2)OCO3)NC(=O)c2ccccc2)cc1OC. The molecule has 2 N–H and O–H groups in total. The Morgan fingerprint density at radius 2 is 1.75 bits per heavy atom. The summed E-state index contributed by atoms with van der Waals surface area (Å²) in [5.74, 6) is 1.29. The van der Waals surface area contributed by atoms with E-state index < -0.39 is 11.8 Å². The smallest absolute Gasteiger partial charge is 0.287 e. The normalized spacial score (nSPS) is 12.3. The van der Waals surface area contributed by atoms with Crippen molar-refractivity contribution in [2.45, 2.75) is 6.92 Å². The molecule has 0 aromatic heterocycles. The van der Waals surface area contributed by atoms with Crippen molar-refractivity contribution < 1.29 is 28.5 Å². The summed E-state index contributed by atoms with van der Waals surface area (Å²) in [6, 6.07) is 19.1. The first kappa shape index (κ1) is 24.3. The quantitative estimate of drug-likeness (QED) is 0.271. The van der Waals surface area contributed by atoms with Gasteiger partial charge in [0.25, 0.3) is 11.8 Å². The maximum absolute atomic E-state index is 13.0. The molecule has 3 aromatic carbocycles. The van der Waals surface area contributed by atoms with Crippen molar-refractivity contribution in [3.05, 3.63) is 89.1 Å². The number of hydrazone groups is 1. The monoisotopic (exact) mass is 487 g/mol. The van der Waals surface area contributed by atoms with E-state index in [1.165, 1.54) is 12.3 Å². The summed E-state index contributed by atoms with van der Waals surface area (Å²) < 4.78 is 21.6. The molecular weight excluding hydrogens is 462 g/mol. The first-order valence-electron chi connectivity index (χ1n) is 11.2. The van der Waals surface area contributed by atoms with Gasteiger partial charge in [-0.3, -0.25) is 9.59 Å². The zero-order chi connectivity index (χ0) is 25.3. The third kappa shape index (κ3) is 6.01. The number of amides is 2. The Balaban J connectivity index is 1.53. The van der Waals surface area contributed by atoms with E-state index in [1.807, 2.05) is 6.92 Å². The fraction of sp³-hybridized carbons (Fsp3) is 0.148. The molecule has 1 aliphatic rings. The van der Waals surface area contributed by atoms with E-state index in [2.05, 4.69) is 15.8 Å². The Morgan fingerprint density at radius 1 is 0.972 bits per heavy atom. The third-order valence-electron chi connectivity index (χ3n) is 5.10. The molecule has 1 aliphatic heterocycles. The summed E-state index contributed by atoms with van der Waals surface area (Å²) in [6.45, 7) is 2.52. The highest BCUT2D eigenvalue weighted by atomic mass is 16.7. The van der Waals surface area contributed by atoms with Gasteiger partial charge in [0, 0.05) is 5.56 Å². The van der Waals surface area contributed by atoms with Crippen molar-refractivity contribution in [2.75, 3.05) is 20.5 Å². The fourth-order valence-electron chi connectivity index (χ4n) is 3.38. The molecule has 9 nitrogen and oxygen atoms in total. The predicted molar refractivity (Wildman–Crippen MR) is 134 cm³/mol. The highest BCUT2D eigenvalue weighted by molar-refractivity contribution is 6.05. The third-order valence-corrected chi connectivity index (χ3v) is 5.10. The fourth-order valence-corrected chi connectivity index (χ4v) is 3.38. The van der Waals surface area contributed by atoms with Crippen LogP contribution in [0.5, 0.6) is 23.0 Å². The van der Waals surface area contributed by atoms with Crippen LogP contribution in [0, 0.1) is 0 Å². The van der Waals surface area contributed by atoms with E-state index in [-0.39, 0.29) is 12.5 Å². The molecule has 0 aliphatic carbocycles. The maximum Gasteiger partial charge on any atom is 0.287 e. The minimum Gasteiger partial charge on any atom is -0.493 e. The topological polar surface area (TPSA) is 107 Å². The van der Waals surface area contributed by atoms with Gasteiger partial charge in [-0.2, -0.15) is 5.10 Å². The summed E-state index contributed by atoms with van der Waals surface area (Å²) in [6.07, 6.45) is 3.00. The van der Waals surface area contributed by atoms with Gasteiger partial charge in [0.2, 0.25) is 6.79 Å². The van der Waals surface area contributed by atoms with Crippen molar-refractivity contribution in [1.82, 2.24) is 10.7 Å². The number of carbonyl (C=O) groups excluding carboxylic acids is 2. The molecule has 0 fully saturated rings. The van der Waals surface area contributed by atoms with Gasteiger partial charge in [0.1, 0.15) is 5.70 Å². The molecule has 0 atom stereocenters. The van der Waals surface area contributed by atoms with Crippen LogP contribution in [0.3, 0.4) is 0 Å². The van der Waals surface area contributed by atoms with Gasteiger partial charge in [-0.15, -0.1) is 0 Å². The van der Waals surface area contributed by atoms with Crippen LogP contribution in [-0.2, 0) is 4.79 Å². The second kappa shape index (κ2) is 11.6. The number of benzene rings is 3. The second-order valence-corrected chi connectivity index (χ2v) is 7.53. The van der Waals surface area contributed by atoms with Gasteiger partial charge in [-0.25, -0.2) is 5.43 Å². The van der Waals surface area contributed by atoms with Crippen LogP contribution in [-0.4, -0.2) is 38.5 Å². The number of carbonyl (C=O) groups is 2. The number of methoxy groups -OCH3 is 1. The Morgan fingerprint density at radius 3 is 2.53 bits per heavy atom. The average molecular weight is 488 g/mol. The second-order valence-electron chi connectivity index (χ2n) is 7.53. The maximum atomic E-state index is 13.0. The van der Waals surface area contributed by atoms with E-state index in [9.17, 15) is 9.59 Å². The van der Waals surface area contributed by atoms with E-state index in [1.54, 1.807) is 73.8 Å². The molecule has 0 unspecified atom stereocenters. The van der Waals surface area contributed by atoms with Gasteiger partial charge in [-0.1, -0.05) is 24.3 Å². The standard InChI is InChI=1S/C27H25N3O6/c1-3-34-22-12-10-19(15-24(22)33-2)16-28-30-27(32)21(29-26(31)20-7-5-4-6-8-20)13-18-9-11-23-25(14-18)36-17-35-23/h4-16H,3,17H2,1-2H3,(H,29,31)(H,30,32). The van der Waals surface area contributed by atoms with E-state index in [0.29, 0.717) is 46.3 Å². The van der Waals surface area contributed by atoms with Crippen molar-refractivity contribution in [1.29, 1.82) is 0 Å². The van der Waals surface area contributed by atoms with Crippen molar-refractivity contribution >= 4 is 24.1 Å². The molecule has 1 heterocycles. The van der Waals surface area contributed by atoms with Crippen molar-refractivity contribution in [3.63, 3.8) is 0 Å². The van der Waals surface area contributed by atoms with E-state index >= 15 is 0 Å². The Labute approximate surface area is 208 Å². The Bertz CT molecular complexity index is 1300. The van der Waals surface area contributed by atoms with Gasteiger partial charge < -0.3 is 24.3 Å². The Kier molecular flexibility index (Phi) is 7.82. The van der Waals surface area contributed by atoms with Gasteiger partial charge in [-0.05, 0) is 66.6 Å². The molecule has 0 saturated carbocycles. The predicted octanol–water partition coefficient (Wildman–Crippen LogP) is 3.74. The molecule has 9 heteroatoms. The van der Waals surface area contributed by atoms with E-state index in [0.717, 1.165) is 0 Å². The minimum atomic E-state index is -0.605. The summed E-state index contributed by atoms with van der Waals surface area (Å²) in [5, 5.41) is 6.70. The lowest BCUT2D eigenvalue weighted by atomic mass is 10.1. The zero-order valence-electron chi connectivity index (χ0n) is 19.8. The Hall–Kier alpha value is -4.79. The molecule has 0 spiro atoms. The minimum absolute atomic E-state index is 0.00384. The van der Waals surface area contributed by atoms with Crippen LogP contribution < -0.4 is 29.7 Å². The van der Waals surface area contributed by atoms with Crippen molar-refractivity contribution in [2.24, 2.45) is 5.10 Å². The lowest BCUT2D eigenvalue weighted by Crippen LogP contribution is -2.32. The van der Waals surface area contributed by atoms with Gasteiger partial charge in [0.05, 0.1) is 19.9 Å². The number of hydrogen-bond donors (Lipinski definition) is 2. The first-order chi connectivity index (χ1) is 17.6. The summed E-state index contributed by atoms with van der Waals surface area (Å²) in [7, 11) is 1.54. The lowest BCUT2D eigenvalue weighted by Gasteiger charge is -2.10. The highest BCUT2D eigenvalue weighted by Crippen LogP contribution is 2.33. The van der Waals surface area contributed by atoms with Crippen LogP contribution in [0.15, 0.2) is 77.5 Å². The number of fused-ring (bicyclic) bond motifs is 1. The summed E-state index contributed by atoms with van der Waals surface area (Å²) in [5.41, 5.74) is 4.19. The lowest BCUT2D eigenvalue weighted by molar-refractivity contribution is -0.117. The molecule has 3 aromatic rings. The summed E-state index contributed by atoms with van der Waals surface area (Å²) >= 11 is 0. The molecule has 4 rings (SSSR count). The first-order valence-corrected chi connectivity index (χ1v) is 11.2. The molecule has 0 bridgehead atoms. The van der Waals surface area contributed by atoms with Crippen LogP contribution >= 0.6 is 0 Å². The molecular formula is C27H25N3O6. The summed E-state index contributed by atoms with van der Waals surface area (Å²) in [4.78, 5) is 25.7. The van der Waals surface area contributed by atoms with Gasteiger partial charge >= 0.3 is 0 Å². The number of nitrogens with one attached hydrogen (secondary N) is 2. The molecule has 2 amide bonds. The number of nitrogens with zero attached hydrogens (tertiary/aromatic N) is 1. The largest absolute Gasteiger partial charge is 0.493 e. The number of rotatable bonds is 9. The average Bonchev–Trinajstić information content (AvgIpc) is 3.37. The van der Waals surface area contributed by atoms with Crippen LogP contribution in [0.2, 0.25) is 0 Å². The zero-order valence-corrected chi connectivity index (χ0v) is 19.8. The van der Waals surface area contributed by atoms with E-state index in [4.69, 9.17) is 18.9 Å². The van der Waals surface area contributed by atoms with Crippen LogP contribution in [0.1, 0.15) is 28.4 Å². The molecule has 36 heavy (non-hydrogen) atoms. The number of ether oxygens (including phenoxy) is 4. The number of hydrogen-bond acceptors (Lipinski definition) is 7. The van der Waals surface area contributed by atoms with Gasteiger partial charge in [0.15, 0.2) is 23.0 Å². The molecule has 0 radical (unpaired) electrons. The molecule has 184 valence electrons.